The van der Waals surface area contributed by atoms with Crippen LogP contribution >= 0.6 is 0 Å². The lowest BCUT2D eigenvalue weighted by molar-refractivity contribution is -0.121. The first-order valence-corrected chi connectivity index (χ1v) is 10.8. The van der Waals surface area contributed by atoms with Crippen LogP contribution in [0.5, 0.6) is 11.5 Å². The van der Waals surface area contributed by atoms with Crippen LogP contribution in [0.25, 0.3) is 0 Å². The van der Waals surface area contributed by atoms with Crippen molar-refractivity contribution in [3.63, 3.8) is 0 Å². The van der Waals surface area contributed by atoms with Gasteiger partial charge in [0, 0.05) is 19.2 Å². The number of methoxy groups -OCH3 is 2. The number of hydrogen-bond acceptors (Lipinski definition) is 5. The van der Waals surface area contributed by atoms with Crippen LogP contribution in [-0.4, -0.2) is 52.5 Å². The van der Waals surface area contributed by atoms with E-state index in [0.29, 0.717) is 5.75 Å². The van der Waals surface area contributed by atoms with Crippen LogP contribution in [0.4, 0.5) is 0 Å². The van der Waals surface area contributed by atoms with Gasteiger partial charge in [-0.25, -0.2) is 8.42 Å². The van der Waals surface area contributed by atoms with Crippen molar-refractivity contribution < 1.29 is 22.7 Å². The van der Waals surface area contributed by atoms with Gasteiger partial charge >= 0.3 is 0 Å². The van der Waals surface area contributed by atoms with Crippen LogP contribution in [0.15, 0.2) is 23.1 Å². The zero-order chi connectivity index (χ0) is 19.9. The van der Waals surface area contributed by atoms with E-state index in [1.54, 1.807) is 6.07 Å². The number of likely N-dealkylation sites (N-methyl/N-ethyl adjacent to an activating group) is 1. The smallest absolute Gasteiger partial charge is 0.247 e. The van der Waals surface area contributed by atoms with Crippen molar-refractivity contribution in [2.24, 2.45) is 0 Å². The van der Waals surface area contributed by atoms with Crippen molar-refractivity contribution >= 4 is 15.9 Å². The number of sulfonamides is 1. The minimum absolute atomic E-state index is 0.0226. The minimum atomic E-state index is -3.90. The van der Waals surface area contributed by atoms with Gasteiger partial charge in [-0.3, -0.25) is 4.79 Å². The van der Waals surface area contributed by atoms with Crippen molar-refractivity contribution in [3.8, 4) is 11.5 Å². The summed E-state index contributed by atoms with van der Waals surface area (Å²) in [5.74, 6) is 0.332. The Morgan fingerprint density at radius 2 is 1.74 bits per heavy atom. The molecule has 0 bridgehead atoms. The lowest BCUT2D eigenvalue weighted by Gasteiger charge is -2.23. The zero-order valence-electron chi connectivity index (χ0n) is 16.4. The highest BCUT2D eigenvalue weighted by Gasteiger charge is 2.27. The summed E-state index contributed by atoms with van der Waals surface area (Å²) in [4.78, 5) is 12.4. The quantitative estimate of drug-likeness (QED) is 0.763. The van der Waals surface area contributed by atoms with E-state index in [4.69, 9.17) is 9.47 Å². The molecule has 0 saturated heterocycles. The van der Waals surface area contributed by atoms with E-state index in [0.717, 1.165) is 30.0 Å². The van der Waals surface area contributed by atoms with Gasteiger partial charge in [0.1, 0.15) is 16.4 Å². The first-order valence-electron chi connectivity index (χ1n) is 9.36. The molecule has 27 heavy (non-hydrogen) atoms. The van der Waals surface area contributed by atoms with Gasteiger partial charge in [0.2, 0.25) is 15.9 Å². The van der Waals surface area contributed by atoms with Crippen molar-refractivity contribution in [2.75, 3.05) is 27.8 Å². The van der Waals surface area contributed by atoms with Gasteiger partial charge in [-0.05, 0) is 25.0 Å². The highest BCUT2D eigenvalue weighted by atomic mass is 32.2. The van der Waals surface area contributed by atoms with Crippen LogP contribution < -0.4 is 14.8 Å². The van der Waals surface area contributed by atoms with E-state index in [1.807, 2.05) is 0 Å². The summed E-state index contributed by atoms with van der Waals surface area (Å²) >= 11 is 0. The molecule has 1 aliphatic carbocycles. The fourth-order valence-electron chi connectivity index (χ4n) is 3.31. The van der Waals surface area contributed by atoms with Gasteiger partial charge in [0.15, 0.2) is 0 Å². The molecule has 0 radical (unpaired) electrons. The second kappa shape index (κ2) is 9.94. The third-order valence-electron chi connectivity index (χ3n) is 4.90. The lowest BCUT2D eigenvalue weighted by Crippen LogP contribution is -2.43. The van der Waals surface area contributed by atoms with E-state index < -0.39 is 10.0 Å². The van der Waals surface area contributed by atoms with Crippen molar-refractivity contribution in [3.05, 3.63) is 18.2 Å². The molecule has 1 aromatic carbocycles. The van der Waals surface area contributed by atoms with E-state index in [9.17, 15) is 13.2 Å². The normalized spacial score (nSPS) is 16.4. The second-order valence-corrected chi connectivity index (χ2v) is 8.90. The number of benzene rings is 1. The molecule has 1 saturated carbocycles. The molecule has 152 valence electrons. The predicted octanol–water partition coefficient (Wildman–Crippen LogP) is 2.55. The average Bonchev–Trinajstić information content (AvgIpc) is 2.63. The highest BCUT2D eigenvalue weighted by Crippen LogP contribution is 2.30. The number of ether oxygens (including phenoxy) is 2. The van der Waals surface area contributed by atoms with E-state index in [-0.39, 0.29) is 29.1 Å². The number of carbonyl (C=O) groups excluding carboxylic acids is 1. The van der Waals surface area contributed by atoms with Crippen LogP contribution in [0.1, 0.15) is 44.9 Å². The van der Waals surface area contributed by atoms with Crippen LogP contribution in [0.2, 0.25) is 0 Å². The van der Waals surface area contributed by atoms with Gasteiger partial charge in [-0.1, -0.05) is 32.1 Å². The third kappa shape index (κ3) is 5.84. The largest absolute Gasteiger partial charge is 0.497 e. The molecular formula is C19H30N2O5S. The summed E-state index contributed by atoms with van der Waals surface area (Å²) in [6.07, 6.45) is 7.73. The Morgan fingerprint density at radius 3 is 2.33 bits per heavy atom. The summed E-state index contributed by atoms with van der Waals surface area (Å²) in [5, 5.41) is 2.99. The Hall–Kier alpha value is -1.80. The van der Waals surface area contributed by atoms with Gasteiger partial charge in [-0.2, -0.15) is 4.31 Å². The topological polar surface area (TPSA) is 84.9 Å². The summed E-state index contributed by atoms with van der Waals surface area (Å²) in [6.45, 7) is -0.237. The number of nitrogens with one attached hydrogen (secondary N) is 1. The fourth-order valence-corrected chi connectivity index (χ4v) is 4.61. The molecule has 2 rings (SSSR count). The van der Waals surface area contributed by atoms with E-state index in [1.165, 1.54) is 52.7 Å². The standard InChI is InChI=1S/C19H30N2O5S/c1-21(14-19(22)20-15-9-7-5-4-6-8-10-15)27(23,24)18-13-16(25-2)11-12-17(18)26-3/h11-13,15H,4-10,14H2,1-3H3,(H,20,22). The van der Waals surface area contributed by atoms with Crippen LogP contribution in [0, 0.1) is 0 Å². The average molecular weight is 399 g/mol. The summed E-state index contributed by atoms with van der Waals surface area (Å²) in [7, 11) is 0.367. The number of carbonyl (C=O) groups is 1. The lowest BCUT2D eigenvalue weighted by atomic mass is 9.97. The molecule has 1 aromatic rings. The molecule has 0 aromatic heterocycles. The molecule has 1 N–H and O–H groups in total. The summed E-state index contributed by atoms with van der Waals surface area (Å²) in [6, 6.07) is 4.69. The molecule has 0 aliphatic heterocycles. The Bertz CT molecular complexity index is 728. The Labute approximate surface area is 162 Å². The number of amides is 1. The number of nitrogens with zero attached hydrogens (tertiary/aromatic N) is 1. The predicted molar refractivity (Wildman–Crippen MR) is 104 cm³/mol. The number of rotatable bonds is 7. The maximum absolute atomic E-state index is 12.9. The Balaban J connectivity index is 2.07. The van der Waals surface area contributed by atoms with Crippen LogP contribution in [0.3, 0.4) is 0 Å². The molecular weight excluding hydrogens is 368 g/mol. The molecule has 1 aliphatic rings. The molecule has 1 fully saturated rings. The summed E-state index contributed by atoms with van der Waals surface area (Å²) < 4.78 is 37.2. The molecule has 0 unspecified atom stereocenters. The molecule has 0 heterocycles. The highest BCUT2D eigenvalue weighted by molar-refractivity contribution is 7.89. The molecule has 7 nitrogen and oxygen atoms in total. The van der Waals surface area contributed by atoms with Crippen molar-refractivity contribution in [1.82, 2.24) is 9.62 Å². The number of hydrogen-bond donors (Lipinski definition) is 1. The maximum atomic E-state index is 12.9. The van der Waals surface area contributed by atoms with E-state index in [2.05, 4.69) is 5.32 Å². The van der Waals surface area contributed by atoms with Crippen molar-refractivity contribution in [2.45, 2.75) is 55.9 Å². The van der Waals surface area contributed by atoms with Crippen molar-refractivity contribution in [1.29, 1.82) is 0 Å². The first-order chi connectivity index (χ1) is 12.9. The van der Waals surface area contributed by atoms with Gasteiger partial charge < -0.3 is 14.8 Å². The summed E-state index contributed by atoms with van der Waals surface area (Å²) in [5.41, 5.74) is 0. The third-order valence-corrected chi connectivity index (χ3v) is 6.72. The van der Waals surface area contributed by atoms with Crippen LogP contribution in [-0.2, 0) is 14.8 Å². The Kier molecular flexibility index (Phi) is 7.91. The maximum Gasteiger partial charge on any atom is 0.247 e. The SMILES string of the molecule is COc1ccc(OC)c(S(=O)(=O)N(C)CC(=O)NC2CCCCCCC2)c1. The first kappa shape index (κ1) is 21.5. The monoisotopic (exact) mass is 398 g/mol. The fraction of sp³-hybridized carbons (Fsp3) is 0.632. The molecule has 0 spiro atoms. The molecule has 1 amide bonds. The zero-order valence-corrected chi connectivity index (χ0v) is 17.2. The van der Waals surface area contributed by atoms with Gasteiger partial charge in [-0.15, -0.1) is 0 Å². The second-order valence-electron chi connectivity index (χ2n) is 6.89. The van der Waals surface area contributed by atoms with Gasteiger partial charge in [0.05, 0.1) is 20.8 Å². The van der Waals surface area contributed by atoms with Gasteiger partial charge in [0.25, 0.3) is 0 Å². The molecule has 8 heteroatoms. The van der Waals surface area contributed by atoms with E-state index >= 15 is 0 Å². The minimum Gasteiger partial charge on any atom is -0.497 e. The molecule has 0 atom stereocenters. The Morgan fingerprint density at radius 1 is 1.11 bits per heavy atom.